The summed E-state index contributed by atoms with van der Waals surface area (Å²) in [4.78, 5) is 12.5. The van der Waals surface area contributed by atoms with Crippen molar-refractivity contribution >= 4 is 45.8 Å². The molecule has 0 saturated heterocycles. The van der Waals surface area contributed by atoms with E-state index >= 15 is 0 Å². The lowest BCUT2D eigenvalue weighted by Gasteiger charge is -2.29. The minimum Gasteiger partial charge on any atom is -0.368 e. The van der Waals surface area contributed by atoms with Gasteiger partial charge in [0, 0.05) is 23.0 Å². The fourth-order valence-electron chi connectivity index (χ4n) is 4.01. The zero-order valence-corrected chi connectivity index (χ0v) is 18.4. The Morgan fingerprint density at radius 2 is 1.84 bits per heavy atom. The van der Waals surface area contributed by atoms with Crippen LogP contribution in [0, 0.1) is 5.92 Å². The van der Waals surface area contributed by atoms with Gasteiger partial charge in [-0.3, -0.25) is 9.89 Å². The van der Waals surface area contributed by atoms with Crippen LogP contribution >= 0.6 is 23.2 Å². The smallest absolute Gasteiger partial charge is 0.368 e. The zero-order valence-electron chi connectivity index (χ0n) is 16.9. The van der Waals surface area contributed by atoms with Gasteiger partial charge in [0.1, 0.15) is 0 Å². The summed E-state index contributed by atoms with van der Waals surface area (Å²) >= 11 is 12.1. The summed E-state index contributed by atoms with van der Waals surface area (Å²) in [5.74, 6) is 0.495. The molecule has 5 nitrogen and oxygen atoms in total. The monoisotopic (exact) mass is 484 g/mol. The standard InChI is InChI=1S/C22H21Cl2F3N4O/c23-14-4-7-18(24)16(10-14)21(32)29-15-5-1-12(2-6-15)11-28-20-17-9-13(22(25,26)27)3-8-19(17)30-31-20/h3-4,7-10,12,15H,1-2,5-6,11H2,(H,29,32)(H2,28,30,31)/t12-,15-. The number of anilines is 1. The molecule has 1 aliphatic rings. The van der Waals surface area contributed by atoms with E-state index < -0.39 is 11.7 Å². The van der Waals surface area contributed by atoms with E-state index in [-0.39, 0.29) is 11.9 Å². The minimum absolute atomic E-state index is 0.0364. The predicted molar refractivity (Wildman–Crippen MR) is 119 cm³/mol. The summed E-state index contributed by atoms with van der Waals surface area (Å²) in [6, 6.07) is 8.34. The molecule has 1 amide bonds. The number of aromatic amines is 1. The number of nitrogens with one attached hydrogen (secondary N) is 3. The maximum Gasteiger partial charge on any atom is 0.416 e. The molecule has 2 aromatic carbocycles. The lowest BCUT2D eigenvalue weighted by Crippen LogP contribution is -2.38. The van der Waals surface area contributed by atoms with Crippen LogP contribution in [0.25, 0.3) is 10.9 Å². The molecule has 1 heterocycles. The third-order valence-corrected chi connectivity index (χ3v) is 6.37. The molecule has 0 unspecified atom stereocenters. The van der Waals surface area contributed by atoms with Crippen LogP contribution in [-0.2, 0) is 6.18 Å². The molecule has 0 bridgehead atoms. The maximum absolute atomic E-state index is 13.0. The van der Waals surface area contributed by atoms with Crippen LogP contribution in [0.3, 0.4) is 0 Å². The number of nitrogens with zero attached hydrogens (tertiary/aromatic N) is 1. The first-order valence-electron chi connectivity index (χ1n) is 10.3. The third kappa shape index (κ3) is 5.13. The van der Waals surface area contributed by atoms with Crippen molar-refractivity contribution in [2.75, 3.05) is 11.9 Å². The van der Waals surface area contributed by atoms with E-state index in [4.69, 9.17) is 23.2 Å². The Balaban J connectivity index is 1.31. The van der Waals surface area contributed by atoms with Crippen molar-refractivity contribution < 1.29 is 18.0 Å². The molecular weight excluding hydrogens is 464 g/mol. The second kappa shape index (κ2) is 9.19. The first-order chi connectivity index (χ1) is 15.2. The van der Waals surface area contributed by atoms with Crippen LogP contribution < -0.4 is 10.6 Å². The highest BCUT2D eigenvalue weighted by Crippen LogP contribution is 2.33. The van der Waals surface area contributed by atoms with E-state index in [1.54, 1.807) is 18.2 Å². The van der Waals surface area contributed by atoms with Gasteiger partial charge in [0.2, 0.25) is 0 Å². The molecule has 170 valence electrons. The van der Waals surface area contributed by atoms with Crippen molar-refractivity contribution in [3.05, 3.63) is 57.6 Å². The molecule has 4 rings (SSSR count). The molecule has 0 spiro atoms. The highest BCUT2D eigenvalue weighted by molar-refractivity contribution is 6.35. The number of carbonyl (C=O) groups is 1. The number of alkyl halides is 3. The van der Waals surface area contributed by atoms with Crippen molar-refractivity contribution in [1.29, 1.82) is 0 Å². The van der Waals surface area contributed by atoms with Gasteiger partial charge in [-0.15, -0.1) is 0 Å². The van der Waals surface area contributed by atoms with Gasteiger partial charge in [0.05, 0.1) is 21.7 Å². The highest BCUT2D eigenvalue weighted by atomic mass is 35.5. The number of H-pyrrole nitrogens is 1. The first-order valence-corrected chi connectivity index (χ1v) is 11.0. The molecule has 1 saturated carbocycles. The van der Waals surface area contributed by atoms with E-state index in [2.05, 4.69) is 20.8 Å². The minimum atomic E-state index is -4.40. The quantitative estimate of drug-likeness (QED) is 0.398. The Bertz CT molecular complexity index is 1120. The summed E-state index contributed by atoms with van der Waals surface area (Å²) in [5, 5.41) is 14.3. The number of hydrogen-bond donors (Lipinski definition) is 3. The van der Waals surface area contributed by atoms with Crippen molar-refractivity contribution in [2.45, 2.75) is 37.9 Å². The molecule has 10 heteroatoms. The van der Waals surface area contributed by atoms with Crippen molar-refractivity contribution in [3.63, 3.8) is 0 Å². The fourth-order valence-corrected chi connectivity index (χ4v) is 4.39. The molecule has 0 atom stereocenters. The summed E-state index contributed by atoms with van der Waals surface area (Å²) < 4.78 is 39.0. The van der Waals surface area contributed by atoms with Gasteiger partial charge < -0.3 is 10.6 Å². The Labute approximate surface area is 192 Å². The summed E-state index contributed by atoms with van der Waals surface area (Å²) in [5.41, 5.74) is 0.198. The van der Waals surface area contributed by atoms with E-state index in [1.165, 1.54) is 6.07 Å². The average Bonchev–Trinajstić information content (AvgIpc) is 3.16. The second-order valence-corrected chi connectivity index (χ2v) is 8.87. The van der Waals surface area contributed by atoms with Gasteiger partial charge in [-0.2, -0.15) is 18.3 Å². The number of carbonyl (C=O) groups excluding carboxylic acids is 1. The summed E-state index contributed by atoms with van der Waals surface area (Å²) in [7, 11) is 0. The van der Waals surface area contributed by atoms with Gasteiger partial charge in [-0.1, -0.05) is 23.2 Å². The van der Waals surface area contributed by atoms with Crippen LogP contribution in [-0.4, -0.2) is 28.7 Å². The lowest BCUT2D eigenvalue weighted by molar-refractivity contribution is -0.137. The van der Waals surface area contributed by atoms with E-state index in [9.17, 15) is 18.0 Å². The molecule has 1 aliphatic carbocycles. The van der Waals surface area contributed by atoms with Gasteiger partial charge in [0.25, 0.3) is 5.91 Å². The van der Waals surface area contributed by atoms with Crippen LogP contribution in [0.5, 0.6) is 0 Å². The van der Waals surface area contributed by atoms with Crippen molar-refractivity contribution in [3.8, 4) is 0 Å². The fraction of sp³-hybridized carbons (Fsp3) is 0.364. The molecule has 0 aliphatic heterocycles. The number of aromatic nitrogens is 2. The second-order valence-electron chi connectivity index (χ2n) is 8.03. The molecule has 1 aromatic heterocycles. The van der Waals surface area contributed by atoms with Crippen molar-refractivity contribution in [1.82, 2.24) is 15.5 Å². The van der Waals surface area contributed by atoms with E-state index in [0.29, 0.717) is 44.8 Å². The molecule has 3 aromatic rings. The van der Waals surface area contributed by atoms with Crippen molar-refractivity contribution in [2.24, 2.45) is 5.92 Å². The zero-order chi connectivity index (χ0) is 22.9. The van der Waals surface area contributed by atoms with E-state index in [1.807, 2.05) is 0 Å². The summed E-state index contributed by atoms with van der Waals surface area (Å²) in [6.07, 6.45) is -1.05. The van der Waals surface area contributed by atoms with Gasteiger partial charge >= 0.3 is 6.18 Å². The average molecular weight is 485 g/mol. The lowest BCUT2D eigenvalue weighted by atomic mass is 9.86. The molecule has 32 heavy (non-hydrogen) atoms. The first kappa shape index (κ1) is 22.7. The highest BCUT2D eigenvalue weighted by Gasteiger charge is 2.31. The maximum atomic E-state index is 13.0. The Morgan fingerprint density at radius 3 is 2.56 bits per heavy atom. The van der Waals surface area contributed by atoms with Crippen LogP contribution in [0.4, 0.5) is 19.0 Å². The molecule has 0 radical (unpaired) electrons. The number of amides is 1. The summed E-state index contributed by atoms with van der Waals surface area (Å²) in [6.45, 7) is 0.594. The SMILES string of the molecule is O=C(N[C@H]1CC[C@H](CNc2n[nH]c3ccc(C(F)(F)F)cc23)CC1)c1cc(Cl)ccc1Cl. The largest absolute Gasteiger partial charge is 0.416 e. The van der Waals surface area contributed by atoms with E-state index in [0.717, 1.165) is 37.8 Å². The number of benzene rings is 2. The Kier molecular flexibility index (Phi) is 6.53. The molecule has 3 N–H and O–H groups in total. The molecule has 1 fully saturated rings. The number of halogens is 5. The normalized spacial score (nSPS) is 19.2. The number of hydrogen-bond acceptors (Lipinski definition) is 3. The Morgan fingerprint density at radius 1 is 1.09 bits per heavy atom. The van der Waals surface area contributed by atoms with Gasteiger partial charge in [-0.25, -0.2) is 0 Å². The number of fused-ring (bicyclic) bond motifs is 1. The number of rotatable bonds is 5. The van der Waals surface area contributed by atoms with Gasteiger partial charge in [0.15, 0.2) is 5.82 Å². The molecular formula is C22H21Cl2F3N4O. The van der Waals surface area contributed by atoms with Crippen LogP contribution in [0.2, 0.25) is 10.0 Å². The topological polar surface area (TPSA) is 69.8 Å². The Hall–Kier alpha value is -2.45. The van der Waals surface area contributed by atoms with Gasteiger partial charge in [-0.05, 0) is 68.0 Å². The third-order valence-electron chi connectivity index (χ3n) is 5.80. The predicted octanol–water partition coefficient (Wildman–Crippen LogP) is 6.29. The van der Waals surface area contributed by atoms with Crippen LogP contribution in [0.15, 0.2) is 36.4 Å². The van der Waals surface area contributed by atoms with Crippen LogP contribution in [0.1, 0.15) is 41.6 Å².